The van der Waals surface area contributed by atoms with Gasteiger partial charge in [0.2, 0.25) is 0 Å². The zero-order valence-electron chi connectivity index (χ0n) is 11.4. The third-order valence-corrected chi connectivity index (χ3v) is 8.39. The van der Waals surface area contributed by atoms with E-state index >= 15 is 0 Å². The van der Waals surface area contributed by atoms with E-state index in [2.05, 4.69) is 56.4 Å². The van der Waals surface area contributed by atoms with Crippen LogP contribution < -0.4 is 5.19 Å². The van der Waals surface area contributed by atoms with Gasteiger partial charge < -0.3 is 0 Å². The van der Waals surface area contributed by atoms with Gasteiger partial charge in [0.25, 0.3) is 0 Å². The van der Waals surface area contributed by atoms with E-state index in [0.717, 1.165) is 5.54 Å². The van der Waals surface area contributed by atoms with Crippen LogP contribution in [0.25, 0.3) is 6.08 Å². The first-order chi connectivity index (χ1) is 8.16. The number of hydrogen-bond acceptors (Lipinski definition) is 0. The van der Waals surface area contributed by atoms with Crippen molar-refractivity contribution in [1.29, 1.82) is 0 Å². The lowest BCUT2D eigenvalue weighted by atomic mass is 10.1. The lowest BCUT2D eigenvalue weighted by Gasteiger charge is -2.35. The minimum absolute atomic E-state index is 0.837. The van der Waals surface area contributed by atoms with Crippen LogP contribution in [0.5, 0.6) is 0 Å². The molecule has 0 aliphatic carbocycles. The van der Waals surface area contributed by atoms with Crippen molar-refractivity contribution in [3.8, 4) is 0 Å². The summed E-state index contributed by atoms with van der Waals surface area (Å²) in [5, 5.41) is 1.66. The summed E-state index contributed by atoms with van der Waals surface area (Å²) >= 11 is 0. The molecule has 0 bridgehead atoms. The number of benzene rings is 1. The quantitative estimate of drug-likeness (QED) is 0.537. The average molecular weight is 244 g/mol. The molecule has 0 fully saturated rings. The van der Waals surface area contributed by atoms with Gasteiger partial charge in [-0.05, 0) is 17.5 Å². The molecule has 0 nitrogen and oxygen atoms in total. The fraction of sp³-hybridized carbons (Fsp3) is 0.500. The second kappa shape index (κ2) is 5.22. The fourth-order valence-corrected chi connectivity index (χ4v) is 6.30. The van der Waals surface area contributed by atoms with Crippen molar-refractivity contribution in [2.75, 3.05) is 0 Å². The van der Waals surface area contributed by atoms with Gasteiger partial charge in [-0.15, -0.1) is 0 Å². The predicted octanol–water partition coefficient (Wildman–Crippen LogP) is 4.58. The van der Waals surface area contributed by atoms with Gasteiger partial charge in [0.05, 0.1) is 8.07 Å². The molecule has 1 unspecified atom stereocenters. The molecule has 92 valence electrons. The number of hydrogen-bond donors (Lipinski definition) is 0. The van der Waals surface area contributed by atoms with Crippen LogP contribution in [0.15, 0.2) is 30.3 Å². The Hall–Kier alpha value is -0.823. The summed E-state index contributed by atoms with van der Waals surface area (Å²) < 4.78 is 0. The third kappa shape index (κ3) is 2.55. The monoisotopic (exact) mass is 244 g/mol. The molecule has 0 radical (unpaired) electrons. The molecule has 0 saturated carbocycles. The highest BCUT2D eigenvalue weighted by Gasteiger charge is 2.34. The normalized spacial score (nSPS) is 21.2. The maximum Gasteiger partial charge on any atom is 0.0881 e. The van der Waals surface area contributed by atoms with Crippen molar-refractivity contribution in [2.24, 2.45) is 0 Å². The third-order valence-electron chi connectivity index (χ3n) is 4.21. The smallest absolute Gasteiger partial charge is 0.0832 e. The molecule has 17 heavy (non-hydrogen) atoms. The Labute approximate surface area is 107 Å². The van der Waals surface area contributed by atoms with Crippen LogP contribution in [-0.2, 0) is 0 Å². The van der Waals surface area contributed by atoms with Crippen LogP contribution in [0, 0.1) is 0 Å². The molecule has 0 N–H and O–H groups in total. The van der Waals surface area contributed by atoms with Gasteiger partial charge in [-0.2, -0.15) is 0 Å². The summed E-state index contributed by atoms with van der Waals surface area (Å²) in [5.41, 5.74) is 2.31. The van der Waals surface area contributed by atoms with Crippen LogP contribution in [0.3, 0.4) is 0 Å². The molecular formula is C16H24Si. The predicted molar refractivity (Wildman–Crippen MR) is 80.5 cm³/mol. The summed E-state index contributed by atoms with van der Waals surface area (Å²) in [5.74, 6) is 0. The summed E-state index contributed by atoms with van der Waals surface area (Å²) in [6.07, 6.45) is 10.3. The van der Waals surface area contributed by atoms with E-state index in [9.17, 15) is 0 Å². The minimum atomic E-state index is -1.28. The molecular weight excluding hydrogens is 220 g/mol. The van der Waals surface area contributed by atoms with E-state index in [-0.39, 0.29) is 0 Å². The first kappa shape index (κ1) is 12.6. The van der Waals surface area contributed by atoms with Crippen molar-refractivity contribution in [1.82, 2.24) is 0 Å². The number of rotatable bonds is 4. The summed E-state index contributed by atoms with van der Waals surface area (Å²) in [7, 11) is -1.28. The standard InChI is InChI=1S/C16H24Si/c1-4-5-6-10-15-13-12-14-9-7-8-11-16(14)17(15,2)3/h7-9,11-13,15H,4-6,10H2,1-3H3. The van der Waals surface area contributed by atoms with Gasteiger partial charge in [0.1, 0.15) is 0 Å². The first-order valence-electron chi connectivity index (χ1n) is 6.94. The van der Waals surface area contributed by atoms with Crippen molar-refractivity contribution in [3.63, 3.8) is 0 Å². The van der Waals surface area contributed by atoms with E-state index in [1.165, 1.54) is 31.2 Å². The molecule has 1 atom stereocenters. The van der Waals surface area contributed by atoms with Gasteiger partial charge in [0.15, 0.2) is 0 Å². The van der Waals surface area contributed by atoms with E-state index in [4.69, 9.17) is 0 Å². The largest absolute Gasteiger partial charge is 0.0881 e. The minimum Gasteiger partial charge on any atom is -0.0832 e. The first-order valence-corrected chi connectivity index (χ1v) is 10.0. The van der Waals surface area contributed by atoms with E-state index in [1.807, 2.05) is 0 Å². The lowest BCUT2D eigenvalue weighted by Crippen LogP contribution is -2.48. The zero-order chi connectivity index (χ0) is 12.3. The van der Waals surface area contributed by atoms with Gasteiger partial charge in [-0.1, -0.05) is 80.9 Å². The van der Waals surface area contributed by atoms with Crippen LogP contribution in [0.4, 0.5) is 0 Å². The Kier molecular flexibility index (Phi) is 3.88. The van der Waals surface area contributed by atoms with Gasteiger partial charge in [0, 0.05) is 0 Å². The van der Waals surface area contributed by atoms with Crippen molar-refractivity contribution in [2.45, 2.75) is 51.2 Å². The van der Waals surface area contributed by atoms with Crippen molar-refractivity contribution < 1.29 is 0 Å². The molecule has 1 aromatic carbocycles. The summed E-state index contributed by atoms with van der Waals surface area (Å²) in [6.45, 7) is 7.35. The Bertz CT molecular complexity index is 404. The Balaban J connectivity index is 2.18. The second-order valence-electron chi connectivity index (χ2n) is 5.77. The van der Waals surface area contributed by atoms with Gasteiger partial charge in [-0.3, -0.25) is 0 Å². The van der Waals surface area contributed by atoms with E-state index in [0.29, 0.717) is 0 Å². The topological polar surface area (TPSA) is 0 Å². The molecule has 0 spiro atoms. The number of allylic oxidation sites excluding steroid dienone is 1. The maximum atomic E-state index is 2.53. The van der Waals surface area contributed by atoms with E-state index in [1.54, 1.807) is 5.19 Å². The Morgan fingerprint density at radius 1 is 1.12 bits per heavy atom. The number of unbranched alkanes of at least 4 members (excludes halogenated alkanes) is 2. The molecule has 0 aromatic heterocycles. The van der Waals surface area contributed by atoms with Crippen LogP contribution in [-0.4, -0.2) is 8.07 Å². The molecule has 1 aliphatic rings. The molecule has 0 saturated heterocycles. The molecule has 1 aliphatic heterocycles. The molecule has 2 rings (SSSR count). The molecule has 1 heteroatoms. The Morgan fingerprint density at radius 3 is 2.65 bits per heavy atom. The Morgan fingerprint density at radius 2 is 1.88 bits per heavy atom. The second-order valence-corrected chi connectivity index (χ2v) is 10.5. The summed E-state index contributed by atoms with van der Waals surface area (Å²) in [4.78, 5) is 0. The maximum absolute atomic E-state index is 2.53. The van der Waals surface area contributed by atoms with Crippen LogP contribution in [0.2, 0.25) is 18.6 Å². The molecule has 0 amide bonds. The van der Waals surface area contributed by atoms with E-state index < -0.39 is 8.07 Å². The SMILES string of the molecule is CCCCCC1C=Cc2ccccc2[Si]1(C)C. The molecule has 1 aromatic rings. The molecule has 1 heterocycles. The highest BCUT2D eigenvalue weighted by Crippen LogP contribution is 2.33. The zero-order valence-corrected chi connectivity index (χ0v) is 12.4. The summed E-state index contributed by atoms with van der Waals surface area (Å²) in [6, 6.07) is 8.99. The van der Waals surface area contributed by atoms with Crippen molar-refractivity contribution >= 4 is 19.3 Å². The van der Waals surface area contributed by atoms with Crippen LogP contribution >= 0.6 is 0 Å². The van der Waals surface area contributed by atoms with Crippen LogP contribution in [0.1, 0.15) is 38.2 Å². The highest BCUT2D eigenvalue weighted by molar-refractivity contribution is 6.92. The highest BCUT2D eigenvalue weighted by atomic mass is 28.3. The number of fused-ring (bicyclic) bond motifs is 1. The van der Waals surface area contributed by atoms with Crippen molar-refractivity contribution in [3.05, 3.63) is 35.9 Å². The average Bonchev–Trinajstić information content (AvgIpc) is 2.32. The lowest BCUT2D eigenvalue weighted by molar-refractivity contribution is 0.667. The van der Waals surface area contributed by atoms with Gasteiger partial charge >= 0.3 is 0 Å². The fourth-order valence-electron chi connectivity index (χ4n) is 2.96. The van der Waals surface area contributed by atoms with Gasteiger partial charge in [-0.25, -0.2) is 0 Å².